The monoisotopic (exact) mass is 194 g/mol. The van der Waals surface area contributed by atoms with Gasteiger partial charge in [0.2, 0.25) is 0 Å². The lowest BCUT2D eigenvalue weighted by Gasteiger charge is -2.20. The van der Waals surface area contributed by atoms with E-state index in [4.69, 9.17) is 5.73 Å². The first kappa shape index (κ1) is 9.46. The Kier molecular flexibility index (Phi) is 2.42. The maximum Gasteiger partial charge on any atom is 0.115 e. The fourth-order valence-electron chi connectivity index (χ4n) is 2.12. The highest BCUT2D eigenvalue weighted by Gasteiger charge is 2.31. The number of anilines is 1. The first-order chi connectivity index (χ1) is 6.68. The van der Waals surface area contributed by atoms with Gasteiger partial charge in [0.25, 0.3) is 0 Å². The fourth-order valence-corrected chi connectivity index (χ4v) is 2.12. The Morgan fingerprint density at radius 2 is 2.14 bits per heavy atom. The van der Waals surface area contributed by atoms with E-state index in [1.54, 1.807) is 0 Å². The smallest absolute Gasteiger partial charge is 0.115 e. The molecule has 1 aromatic carbocycles. The Bertz CT molecular complexity index is 327. The van der Waals surface area contributed by atoms with Gasteiger partial charge in [-0.3, -0.25) is 4.90 Å². The standard InChI is InChI=1S/C11H15FN2/c1-14-7-8(12)6-11(14)9-4-2-3-5-10(9)13/h2-5,8,11H,6-7,13H2,1H3. The molecule has 1 heterocycles. The number of nitrogen functional groups attached to an aromatic ring is 1. The zero-order chi connectivity index (χ0) is 10.1. The predicted molar refractivity (Wildman–Crippen MR) is 55.7 cm³/mol. The summed E-state index contributed by atoms with van der Waals surface area (Å²) >= 11 is 0. The summed E-state index contributed by atoms with van der Waals surface area (Å²) in [5.74, 6) is 0. The van der Waals surface area contributed by atoms with Crippen LogP contribution in [0.2, 0.25) is 0 Å². The lowest BCUT2D eigenvalue weighted by atomic mass is 10.0. The van der Waals surface area contributed by atoms with Gasteiger partial charge in [0, 0.05) is 18.3 Å². The summed E-state index contributed by atoms with van der Waals surface area (Å²) in [6.45, 7) is 0.513. The third-order valence-electron chi connectivity index (χ3n) is 2.85. The molecule has 0 spiro atoms. The summed E-state index contributed by atoms with van der Waals surface area (Å²) in [4.78, 5) is 2.02. The molecule has 3 heteroatoms. The number of rotatable bonds is 1. The van der Waals surface area contributed by atoms with E-state index in [0.717, 1.165) is 11.3 Å². The van der Waals surface area contributed by atoms with E-state index >= 15 is 0 Å². The van der Waals surface area contributed by atoms with Crippen LogP contribution in [0.15, 0.2) is 24.3 Å². The molecule has 2 nitrogen and oxygen atoms in total. The average molecular weight is 194 g/mol. The fraction of sp³-hybridized carbons (Fsp3) is 0.455. The highest BCUT2D eigenvalue weighted by Crippen LogP contribution is 2.34. The first-order valence-electron chi connectivity index (χ1n) is 4.87. The minimum atomic E-state index is -0.718. The molecule has 0 bridgehead atoms. The Hall–Kier alpha value is -1.09. The zero-order valence-electron chi connectivity index (χ0n) is 8.28. The second-order valence-corrected chi connectivity index (χ2v) is 3.92. The molecule has 2 unspecified atom stereocenters. The van der Waals surface area contributed by atoms with Crippen molar-refractivity contribution in [2.24, 2.45) is 0 Å². The van der Waals surface area contributed by atoms with Crippen LogP contribution < -0.4 is 5.73 Å². The quantitative estimate of drug-likeness (QED) is 0.693. The van der Waals surface area contributed by atoms with E-state index in [2.05, 4.69) is 0 Å². The maximum absolute atomic E-state index is 13.2. The van der Waals surface area contributed by atoms with E-state index < -0.39 is 6.17 Å². The third-order valence-corrected chi connectivity index (χ3v) is 2.85. The van der Waals surface area contributed by atoms with E-state index in [0.29, 0.717) is 13.0 Å². The summed E-state index contributed by atoms with van der Waals surface area (Å²) in [6, 6.07) is 7.85. The van der Waals surface area contributed by atoms with Gasteiger partial charge in [-0.25, -0.2) is 4.39 Å². The van der Waals surface area contributed by atoms with Crippen molar-refractivity contribution in [3.8, 4) is 0 Å². The number of alkyl halides is 1. The summed E-state index contributed by atoms with van der Waals surface area (Å²) in [7, 11) is 1.94. The molecule has 1 aromatic rings. The number of para-hydroxylation sites is 1. The SMILES string of the molecule is CN1CC(F)CC1c1ccccc1N. The lowest BCUT2D eigenvalue weighted by molar-refractivity contribution is 0.297. The van der Waals surface area contributed by atoms with Gasteiger partial charge in [-0.15, -0.1) is 0 Å². The van der Waals surface area contributed by atoms with Crippen LogP contribution in [0.1, 0.15) is 18.0 Å². The third kappa shape index (κ3) is 1.60. The molecule has 2 rings (SSSR count). The highest BCUT2D eigenvalue weighted by atomic mass is 19.1. The highest BCUT2D eigenvalue weighted by molar-refractivity contribution is 5.48. The second-order valence-electron chi connectivity index (χ2n) is 3.92. The van der Waals surface area contributed by atoms with Gasteiger partial charge in [-0.1, -0.05) is 18.2 Å². The van der Waals surface area contributed by atoms with Gasteiger partial charge in [-0.05, 0) is 25.1 Å². The van der Waals surface area contributed by atoms with Crippen molar-refractivity contribution in [2.45, 2.75) is 18.6 Å². The van der Waals surface area contributed by atoms with E-state index in [-0.39, 0.29) is 6.04 Å². The van der Waals surface area contributed by atoms with Gasteiger partial charge in [0.15, 0.2) is 0 Å². The molecule has 1 saturated heterocycles. The van der Waals surface area contributed by atoms with Crippen molar-refractivity contribution < 1.29 is 4.39 Å². The van der Waals surface area contributed by atoms with Crippen LogP contribution in [0.4, 0.5) is 10.1 Å². The zero-order valence-corrected chi connectivity index (χ0v) is 8.28. The van der Waals surface area contributed by atoms with Crippen LogP contribution in [-0.2, 0) is 0 Å². The van der Waals surface area contributed by atoms with Crippen molar-refractivity contribution in [1.29, 1.82) is 0 Å². The molecule has 1 aliphatic heterocycles. The molecular weight excluding hydrogens is 179 g/mol. The Morgan fingerprint density at radius 3 is 2.71 bits per heavy atom. The number of halogens is 1. The van der Waals surface area contributed by atoms with Crippen LogP contribution in [0.5, 0.6) is 0 Å². The van der Waals surface area contributed by atoms with Gasteiger partial charge >= 0.3 is 0 Å². The number of likely N-dealkylation sites (tertiary alicyclic amines) is 1. The molecule has 14 heavy (non-hydrogen) atoms. The van der Waals surface area contributed by atoms with Crippen LogP contribution >= 0.6 is 0 Å². The van der Waals surface area contributed by atoms with Gasteiger partial charge < -0.3 is 5.73 Å². The summed E-state index contributed by atoms with van der Waals surface area (Å²) in [6.07, 6.45) is -0.158. The lowest BCUT2D eigenvalue weighted by Crippen LogP contribution is -2.19. The normalized spacial score (nSPS) is 28.1. The molecule has 0 aliphatic carbocycles. The van der Waals surface area contributed by atoms with Crippen LogP contribution in [0.25, 0.3) is 0 Å². The minimum absolute atomic E-state index is 0.145. The molecule has 2 N–H and O–H groups in total. The summed E-state index contributed by atoms with van der Waals surface area (Å²) in [5, 5.41) is 0. The topological polar surface area (TPSA) is 29.3 Å². The number of hydrogen-bond acceptors (Lipinski definition) is 2. The summed E-state index contributed by atoms with van der Waals surface area (Å²) < 4.78 is 13.2. The molecule has 2 atom stereocenters. The van der Waals surface area contributed by atoms with Crippen molar-refractivity contribution in [3.63, 3.8) is 0 Å². The van der Waals surface area contributed by atoms with Gasteiger partial charge in [0.1, 0.15) is 6.17 Å². The molecule has 0 amide bonds. The van der Waals surface area contributed by atoms with Crippen molar-refractivity contribution in [1.82, 2.24) is 4.90 Å². The van der Waals surface area contributed by atoms with Crippen LogP contribution in [0, 0.1) is 0 Å². The Labute approximate surface area is 83.5 Å². The molecule has 1 aliphatic rings. The van der Waals surface area contributed by atoms with Crippen LogP contribution in [-0.4, -0.2) is 24.7 Å². The van der Waals surface area contributed by atoms with Crippen molar-refractivity contribution in [3.05, 3.63) is 29.8 Å². The Morgan fingerprint density at radius 1 is 1.43 bits per heavy atom. The van der Waals surface area contributed by atoms with Crippen LogP contribution in [0.3, 0.4) is 0 Å². The number of nitrogens with two attached hydrogens (primary N) is 1. The van der Waals surface area contributed by atoms with E-state index in [1.807, 2.05) is 36.2 Å². The molecular formula is C11H15FN2. The molecule has 0 radical (unpaired) electrons. The molecule has 76 valence electrons. The number of nitrogens with zero attached hydrogens (tertiary/aromatic N) is 1. The van der Waals surface area contributed by atoms with Crippen molar-refractivity contribution >= 4 is 5.69 Å². The predicted octanol–water partition coefficient (Wildman–Crippen LogP) is 1.98. The second kappa shape index (κ2) is 3.58. The van der Waals surface area contributed by atoms with E-state index in [1.165, 1.54) is 0 Å². The van der Waals surface area contributed by atoms with Gasteiger partial charge in [0.05, 0.1) is 0 Å². The maximum atomic E-state index is 13.2. The molecule has 0 saturated carbocycles. The molecule has 1 fully saturated rings. The van der Waals surface area contributed by atoms with Gasteiger partial charge in [-0.2, -0.15) is 0 Å². The first-order valence-corrected chi connectivity index (χ1v) is 4.87. The summed E-state index contributed by atoms with van der Waals surface area (Å²) in [5.41, 5.74) is 7.67. The minimum Gasteiger partial charge on any atom is -0.398 e. The van der Waals surface area contributed by atoms with E-state index in [9.17, 15) is 4.39 Å². The number of hydrogen-bond donors (Lipinski definition) is 1. The average Bonchev–Trinajstić information content (AvgIpc) is 2.46. The van der Waals surface area contributed by atoms with Crippen molar-refractivity contribution in [2.75, 3.05) is 19.3 Å². The number of benzene rings is 1. The largest absolute Gasteiger partial charge is 0.398 e. The molecule has 0 aromatic heterocycles. The Balaban J connectivity index is 2.27.